The van der Waals surface area contributed by atoms with Crippen LogP contribution in [0.25, 0.3) is 0 Å². The fraction of sp³-hybridized carbons (Fsp3) is 0.167. The molecular formula is C24H23ClN2O4. The van der Waals surface area contributed by atoms with Gasteiger partial charge in [-0.15, -0.1) is 0 Å². The van der Waals surface area contributed by atoms with Crippen molar-refractivity contribution in [3.05, 3.63) is 88.4 Å². The largest absolute Gasteiger partial charge is 0.507 e. The number of nitrogens with one attached hydrogen (secondary N) is 1. The van der Waals surface area contributed by atoms with E-state index in [1.54, 1.807) is 30.3 Å². The Morgan fingerprint density at radius 2 is 1.77 bits per heavy atom. The molecule has 0 atom stereocenters. The van der Waals surface area contributed by atoms with Gasteiger partial charge in [0.15, 0.2) is 18.1 Å². The van der Waals surface area contributed by atoms with Crippen molar-refractivity contribution < 1.29 is 19.4 Å². The van der Waals surface area contributed by atoms with Gasteiger partial charge in [-0.25, -0.2) is 5.43 Å². The van der Waals surface area contributed by atoms with Crippen molar-refractivity contribution in [2.45, 2.75) is 13.3 Å². The number of amides is 1. The summed E-state index contributed by atoms with van der Waals surface area (Å²) in [5, 5.41) is 14.7. The summed E-state index contributed by atoms with van der Waals surface area (Å²) in [6.45, 7) is 2.15. The van der Waals surface area contributed by atoms with Gasteiger partial charge in [-0.1, -0.05) is 48.0 Å². The van der Waals surface area contributed by atoms with Crippen LogP contribution in [-0.4, -0.2) is 30.4 Å². The molecule has 6 nitrogen and oxygen atoms in total. The molecule has 0 fully saturated rings. The Bertz CT molecular complexity index is 1070. The lowest BCUT2D eigenvalue weighted by atomic mass is 10.0. The minimum atomic E-state index is -0.436. The van der Waals surface area contributed by atoms with E-state index in [2.05, 4.69) is 10.5 Å². The van der Waals surface area contributed by atoms with Crippen molar-refractivity contribution in [1.29, 1.82) is 0 Å². The van der Waals surface area contributed by atoms with Crippen LogP contribution in [0, 0.1) is 0 Å². The Morgan fingerprint density at radius 1 is 1.06 bits per heavy atom. The lowest BCUT2D eigenvalue weighted by molar-refractivity contribution is -0.123. The Hall–Kier alpha value is -3.51. The molecule has 0 radical (unpaired) electrons. The molecule has 3 aromatic carbocycles. The molecule has 0 bridgehead atoms. The topological polar surface area (TPSA) is 80.2 Å². The summed E-state index contributed by atoms with van der Waals surface area (Å²) in [5.74, 6) is 0.673. The highest BCUT2D eigenvalue weighted by atomic mass is 35.5. The van der Waals surface area contributed by atoms with Gasteiger partial charge < -0.3 is 14.6 Å². The maximum absolute atomic E-state index is 12.0. The van der Waals surface area contributed by atoms with Crippen LogP contribution in [0.5, 0.6) is 17.2 Å². The SMILES string of the molecule is CCOc1ccccc1OCC(=O)N/N=C/c1cc(Cc2ccccc2Cl)ccc1O. The van der Waals surface area contributed by atoms with Crippen LogP contribution < -0.4 is 14.9 Å². The monoisotopic (exact) mass is 438 g/mol. The van der Waals surface area contributed by atoms with Crippen LogP contribution in [0.4, 0.5) is 0 Å². The van der Waals surface area contributed by atoms with E-state index in [0.29, 0.717) is 35.1 Å². The van der Waals surface area contributed by atoms with E-state index in [1.165, 1.54) is 6.21 Å². The Morgan fingerprint density at radius 3 is 2.52 bits per heavy atom. The molecule has 0 unspecified atom stereocenters. The van der Waals surface area contributed by atoms with Gasteiger partial charge >= 0.3 is 0 Å². The highest BCUT2D eigenvalue weighted by Crippen LogP contribution is 2.26. The lowest BCUT2D eigenvalue weighted by Gasteiger charge is -2.10. The van der Waals surface area contributed by atoms with Crippen molar-refractivity contribution in [2.24, 2.45) is 5.10 Å². The predicted octanol–water partition coefficient (Wildman–Crippen LogP) is 4.56. The molecule has 0 spiro atoms. The number of phenols is 1. The minimum absolute atomic E-state index is 0.0581. The number of nitrogens with zero attached hydrogens (tertiary/aromatic N) is 1. The quantitative estimate of drug-likeness (QED) is 0.379. The van der Waals surface area contributed by atoms with Crippen LogP contribution in [0.2, 0.25) is 5.02 Å². The Kier molecular flexibility index (Phi) is 7.90. The van der Waals surface area contributed by atoms with Crippen LogP contribution in [0.1, 0.15) is 23.6 Å². The molecule has 0 aromatic heterocycles. The molecule has 7 heteroatoms. The fourth-order valence-corrected chi connectivity index (χ4v) is 3.08. The van der Waals surface area contributed by atoms with E-state index in [0.717, 1.165) is 11.1 Å². The molecule has 0 heterocycles. The number of rotatable bonds is 9. The zero-order valence-corrected chi connectivity index (χ0v) is 17.8. The molecule has 31 heavy (non-hydrogen) atoms. The number of aromatic hydroxyl groups is 1. The maximum atomic E-state index is 12.0. The highest BCUT2D eigenvalue weighted by Gasteiger charge is 2.08. The fourth-order valence-electron chi connectivity index (χ4n) is 2.87. The summed E-state index contributed by atoms with van der Waals surface area (Å²) < 4.78 is 11.0. The summed E-state index contributed by atoms with van der Waals surface area (Å²) in [5.41, 5.74) is 4.81. The van der Waals surface area contributed by atoms with Crippen molar-refractivity contribution in [2.75, 3.05) is 13.2 Å². The van der Waals surface area contributed by atoms with Gasteiger partial charge in [0, 0.05) is 10.6 Å². The van der Waals surface area contributed by atoms with E-state index in [4.69, 9.17) is 21.1 Å². The first-order valence-corrected chi connectivity index (χ1v) is 10.2. The van der Waals surface area contributed by atoms with E-state index in [1.807, 2.05) is 43.3 Å². The standard InChI is InChI=1S/C24H23ClN2O4/c1-2-30-22-9-5-6-10-23(22)31-16-24(29)27-26-15-19-14-17(11-12-21(19)28)13-18-7-3-4-8-20(18)25/h3-12,14-15,28H,2,13,16H2,1H3,(H,27,29)/b26-15+. The number of benzene rings is 3. The second-order valence-electron chi connectivity index (χ2n) is 6.62. The van der Waals surface area contributed by atoms with E-state index >= 15 is 0 Å². The molecule has 3 aromatic rings. The average Bonchev–Trinajstić information content (AvgIpc) is 2.77. The number of carbonyl (C=O) groups is 1. The minimum Gasteiger partial charge on any atom is -0.507 e. The summed E-state index contributed by atoms with van der Waals surface area (Å²) in [6.07, 6.45) is 2.00. The van der Waals surface area contributed by atoms with Gasteiger partial charge in [0.2, 0.25) is 0 Å². The van der Waals surface area contributed by atoms with Crippen molar-refractivity contribution in [1.82, 2.24) is 5.43 Å². The summed E-state index contributed by atoms with van der Waals surface area (Å²) in [7, 11) is 0. The van der Waals surface area contributed by atoms with Crippen LogP contribution in [0.15, 0.2) is 71.8 Å². The third-order valence-corrected chi connectivity index (χ3v) is 4.71. The van der Waals surface area contributed by atoms with Crippen molar-refractivity contribution in [3.63, 3.8) is 0 Å². The Balaban J connectivity index is 1.58. The highest BCUT2D eigenvalue weighted by molar-refractivity contribution is 6.31. The molecule has 0 aliphatic heterocycles. The van der Waals surface area contributed by atoms with Crippen LogP contribution >= 0.6 is 11.6 Å². The number of hydrazone groups is 1. The number of phenolic OH excluding ortho intramolecular Hbond substituents is 1. The predicted molar refractivity (Wildman–Crippen MR) is 121 cm³/mol. The molecule has 0 aliphatic rings. The zero-order chi connectivity index (χ0) is 22.1. The lowest BCUT2D eigenvalue weighted by Crippen LogP contribution is -2.24. The number of halogens is 1. The number of carbonyl (C=O) groups excluding carboxylic acids is 1. The van der Waals surface area contributed by atoms with Gasteiger partial charge in [-0.2, -0.15) is 5.10 Å². The first-order valence-electron chi connectivity index (χ1n) is 9.78. The summed E-state index contributed by atoms with van der Waals surface area (Å²) in [6, 6.07) is 19.9. The van der Waals surface area contributed by atoms with E-state index in [-0.39, 0.29) is 12.4 Å². The van der Waals surface area contributed by atoms with Gasteiger partial charge in [0.25, 0.3) is 5.91 Å². The third kappa shape index (κ3) is 6.49. The average molecular weight is 439 g/mol. The summed E-state index contributed by atoms with van der Waals surface area (Å²) in [4.78, 5) is 12.0. The van der Waals surface area contributed by atoms with Crippen molar-refractivity contribution >= 4 is 23.7 Å². The second-order valence-corrected chi connectivity index (χ2v) is 7.03. The molecule has 2 N–H and O–H groups in total. The molecule has 3 rings (SSSR count). The first-order chi connectivity index (χ1) is 15.1. The van der Waals surface area contributed by atoms with Crippen LogP contribution in [0.3, 0.4) is 0 Å². The van der Waals surface area contributed by atoms with Gasteiger partial charge in [-0.05, 0) is 54.8 Å². The molecule has 0 aliphatic carbocycles. The van der Waals surface area contributed by atoms with E-state index in [9.17, 15) is 9.90 Å². The first kappa shape index (κ1) is 22.2. The number of hydrogen-bond donors (Lipinski definition) is 2. The molecular weight excluding hydrogens is 416 g/mol. The van der Waals surface area contributed by atoms with E-state index < -0.39 is 5.91 Å². The second kappa shape index (κ2) is 11.0. The molecule has 160 valence electrons. The molecule has 0 saturated carbocycles. The summed E-state index contributed by atoms with van der Waals surface area (Å²) >= 11 is 6.22. The molecule has 0 saturated heterocycles. The van der Waals surface area contributed by atoms with Gasteiger partial charge in [0.1, 0.15) is 5.75 Å². The van der Waals surface area contributed by atoms with Crippen LogP contribution in [-0.2, 0) is 11.2 Å². The third-order valence-electron chi connectivity index (χ3n) is 4.35. The molecule has 1 amide bonds. The number of hydrogen-bond acceptors (Lipinski definition) is 5. The number of ether oxygens (including phenoxy) is 2. The number of para-hydroxylation sites is 2. The Labute approximate surface area is 186 Å². The maximum Gasteiger partial charge on any atom is 0.277 e. The van der Waals surface area contributed by atoms with Crippen molar-refractivity contribution in [3.8, 4) is 17.2 Å². The smallest absolute Gasteiger partial charge is 0.277 e. The van der Waals surface area contributed by atoms with Gasteiger partial charge in [0.05, 0.1) is 12.8 Å². The van der Waals surface area contributed by atoms with Gasteiger partial charge in [-0.3, -0.25) is 4.79 Å². The zero-order valence-electron chi connectivity index (χ0n) is 17.0. The normalized spacial score (nSPS) is 10.8.